The fourth-order valence-electron chi connectivity index (χ4n) is 4.54. The SMILES string of the molecule is CCCNC(=O)N1C[C@@H](O)COC[C@H]2O[C@H](CC(=O)NCCCN3CCOCC3)CC[C@@H]21. The summed E-state index contributed by atoms with van der Waals surface area (Å²) in [6.07, 6.45) is 2.27. The Morgan fingerprint density at radius 2 is 1.88 bits per heavy atom. The van der Waals surface area contributed by atoms with E-state index in [1.165, 1.54) is 0 Å². The molecule has 3 fully saturated rings. The molecular weight excluding hydrogens is 416 g/mol. The largest absolute Gasteiger partial charge is 0.389 e. The van der Waals surface area contributed by atoms with Crippen molar-refractivity contribution in [2.75, 3.05) is 65.7 Å². The highest BCUT2D eigenvalue weighted by molar-refractivity contribution is 5.76. The fraction of sp³-hybridized carbons (Fsp3) is 0.909. The minimum absolute atomic E-state index is 0.00448. The Morgan fingerprint density at radius 1 is 1.06 bits per heavy atom. The van der Waals surface area contributed by atoms with Crippen LogP contribution in [-0.2, 0) is 19.0 Å². The summed E-state index contributed by atoms with van der Waals surface area (Å²) in [5.41, 5.74) is 0. The van der Waals surface area contributed by atoms with Crippen LogP contribution < -0.4 is 10.6 Å². The molecule has 4 atom stereocenters. The lowest BCUT2D eigenvalue weighted by molar-refractivity contribution is -0.150. The van der Waals surface area contributed by atoms with E-state index in [4.69, 9.17) is 14.2 Å². The van der Waals surface area contributed by atoms with Gasteiger partial charge in [-0.05, 0) is 32.2 Å². The van der Waals surface area contributed by atoms with E-state index in [1.807, 2.05) is 6.92 Å². The highest BCUT2D eigenvalue weighted by Gasteiger charge is 2.39. The van der Waals surface area contributed by atoms with E-state index >= 15 is 0 Å². The first-order chi connectivity index (χ1) is 15.6. The number of urea groups is 1. The average Bonchev–Trinajstić information content (AvgIpc) is 2.78. The summed E-state index contributed by atoms with van der Waals surface area (Å²) in [4.78, 5) is 29.1. The molecular formula is C22H40N4O6. The van der Waals surface area contributed by atoms with E-state index in [0.717, 1.165) is 52.1 Å². The van der Waals surface area contributed by atoms with Gasteiger partial charge >= 0.3 is 6.03 Å². The number of carbonyl (C=O) groups is 2. The molecule has 32 heavy (non-hydrogen) atoms. The van der Waals surface area contributed by atoms with Crippen molar-refractivity contribution in [2.45, 2.75) is 63.4 Å². The van der Waals surface area contributed by atoms with Crippen molar-refractivity contribution in [3.05, 3.63) is 0 Å². The van der Waals surface area contributed by atoms with Crippen LogP contribution in [0.2, 0.25) is 0 Å². The van der Waals surface area contributed by atoms with Gasteiger partial charge in [0.05, 0.1) is 57.6 Å². The molecule has 0 aromatic heterocycles. The molecule has 0 aromatic carbocycles. The van der Waals surface area contributed by atoms with Crippen LogP contribution in [0, 0.1) is 0 Å². The number of hydrogen-bond donors (Lipinski definition) is 3. The second kappa shape index (κ2) is 13.3. The number of ether oxygens (including phenoxy) is 3. The van der Waals surface area contributed by atoms with Crippen molar-refractivity contribution in [3.8, 4) is 0 Å². The summed E-state index contributed by atoms with van der Waals surface area (Å²) in [6.45, 7) is 8.38. The molecule has 0 unspecified atom stereocenters. The molecule has 0 spiro atoms. The van der Waals surface area contributed by atoms with Crippen molar-refractivity contribution >= 4 is 11.9 Å². The van der Waals surface area contributed by atoms with Gasteiger partial charge in [0, 0.05) is 26.2 Å². The normalized spacial score (nSPS) is 29.5. The lowest BCUT2D eigenvalue weighted by Crippen LogP contribution is -2.59. The van der Waals surface area contributed by atoms with Gasteiger partial charge in [-0.1, -0.05) is 6.92 Å². The van der Waals surface area contributed by atoms with Gasteiger partial charge in [-0.15, -0.1) is 0 Å². The van der Waals surface area contributed by atoms with E-state index < -0.39 is 6.10 Å². The summed E-state index contributed by atoms with van der Waals surface area (Å²) in [5.74, 6) is -0.00448. The number of amides is 3. The summed E-state index contributed by atoms with van der Waals surface area (Å²) in [6, 6.07) is -0.350. The minimum Gasteiger partial charge on any atom is -0.389 e. The Bertz CT molecular complexity index is 589. The first kappa shape index (κ1) is 25.2. The first-order valence-corrected chi connectivity index (χ1v) is 12.1. The monoisotopic (exact) mass is 456 g/mol. The van der Waals surface area contributed by atoms with E-state index in [2.05, 4.69) is 15.5 Å². The number of aliphatic hydroxyl groups excluding tert-OH is 1. The molecule has 3 saturated heterocycles. The lowest BCUT2D eigenvalue weighted by Gasteiger charge is -2.44. The summed E-state index contributed by atoms with van der Waals surface area (Å²) < 4.78 is 17.2. The zero-order valence-corrected chi connectivity index (χ0v) is 19.3. The number of rotatable bonds is 8. The quantitative estimate of drug-likeness (QED) is 0.439. The molecule has 10 nitrogen and oxygen atoms in total. The maximum atomic E-state index is 12.7. The molecule has 0 bridgehead atoms. The lowest BCUT2D eigenvalue weighted by atomic mass is 9.95. The van der Waals surface area contributed by atoms with Crippen molar-refractivity contribution in [2.24, 2.45) is 0 Å². The zero-order valence-electron chi connectivity index (χ0n) is 19.3. The van der Waals surface area contributed by atoms with Crippen LogP contribution in [0.15, 0.2) is 0 Å². The second-order valence-electron chi connectivity index (χ2n) is 8.88. The van der Waals surface area contributed by atoms with Crippen LogP contribution in [0.25, 0.3) is 0 Å². The molecule has 3 aliphatic rings. The van der Waals surface area contributed by atoms with Crippen LogP contribution >= 0.6 is 0 Å². The fourth-order valence-corrected chi connectivity index (χ4v) is 4.54. The second-order valence-corrected chi connectivity index (χ2v) is 8.88. The minimum atomic E-state index is -0.718. The Hall–Kier alpha value is -1.46. The van der Waals surface area contributed by atoms with Gasteiger partial charge < -0.3 is 34.9 Å². The van der Waals surface area contributed by atoms with Gasteiger partial charge in [0.25, 0.3) is 0 Å². The number of aliphatic hydroxyl groups is 1. The molecule has 0 aliphatic carbocycles. The highest BCUT2D eigenvalue weighted by Crippen LogP contribution is 2.27. The number of β-amino-alcohol motifs (C(OH)–C–C–N with tert-alkyl or cyclic N) is 1. The molecule has 0 saturated carbocycles. The van der Waals surface area contributed by atoms with E-state index in [0.29, 0.717) is 32.5 Å². The Labute approximate surface area is 190 Å². The molecule has 3 heterocycles. The third-order valence-electron chi connectivity index (χ3n) is 6.26. The van der Waals surface area contributed by atoms with E-state index in [-0.39, 0.29) is 43.3 Å². The summed E-state index contributed by atoms with van der Waals surface area (Å²) in [7, 11) is 0. The Morgan fingerprint density at radius 3 is 2.66 bits per heavy atom. The molecule has 0 aromatic rings. The van der Waals surface area contributed by atoms with E-state index in [1.54, 1.807) is 4.90 Å². The van der Waals surface area contributed by atoms with Crippen LogP contribution in [-0.4, -0.2) is 117 Å². The third kappa shape index (κ3) is 7.84. The predicted molar refractivity (Wildman–Crippen MR) is 118 cm³/mol. The van der Waals surface area contributed by atoms with Gasteiger partial charge in [-0.2, -0.15) is 0 Å². The number of nitrogens with zero attached hydrogens (tertiary/aromatic N) is 2. The number of carbonyl (C=O) groups excluding carboxylic acids is 2. The molecule has 3 aliphatic heterocycles. The molecule has 3 rings (SSSR count). The molecule has 10 heteroatoms. The topological polar surface area (TPSA) is 113 Å². The zero-order chi connectivity index (χ0) is 22.8. The first-order valence-electron chi connectivity index (χ1n) is 12.1. The van der Waals surface area contributed by atoms with Crippen LogP contribution in [0.5, 0.6) is 0 Å². The van der Waals surface area contributed by atoms with Gasteiger partial charge in [-0.3, -0.25) is 9.69 Å². The predicted octanol–water partition coefficient (Wildman–Crippen LogP) is -0.0561. The molecule has 0 radical (unpaired) electrons. The average molecular weight is 457 g/mol. The van der Waals surface area contributed by atoms with Crippen LogP contribution in [0.1, 0.15) is 39.0 Å². The van der Waals surface area contributed by atoms with Crippen LogP contribution in [0.4, 0.5) is 4.79 Å². The molecule has 3 amide bonds. The number of hydrogen-bond acceptors (Lipinski definition) is 7. The van der Waals surface area contributed by atoms with Gasteiger partial charge in [0.2, 0.25) is 5.91 Å². The van der Waals surface area contributed by atoms with Gasteiger partial charge in [0.1, 0.15) is 6.10 Å². The van der Waals surface area contributed by atoms with Crippen molar-refractivity contribution in [1.82, 2.24) is 20.4 Å². The van der Waals surface area contributed by atoms with Crippen molar-refractivity contribution in [3.63, 3.8) is 0 Å². The molecule has 184 valence electrons. The van der Waals surface area contributed by atoms with Gasteiger partial charge in [-0.25, -0.2) is 4.79 Å². The van der Waals surface area contributed by atoms with Crippen LogP contribution in [0.3, 0.4) is 0 Å². The number of nitrogens with one attached hydrogen (secondary N) is 2. The standard InChI is InChI=1S/C22H40N4O6/c1-2-6-24-22(29)26-14-17(27)15-31-16-20-19(26)5-4-18(32-20)13-21(28)23-7-3-8-25-9-11-30-12-10-25/h17-20,27H,2-16H2,1H3,(H,23,28)(H,24,29)/t17-,18+,19+,20-/m1/s1. The Balaban J connectivity index is 1.43. The smallest absolute Gasteiger partial charge is 0.317 e. The van der Waals surface area contributed by atoms with Gasteiger partial charge in [0.15, 0.2) is 0 Å². The number of morpholine rings is 1. The summed E-state index contributed by atoms with van der Waals surface area (Å²) in [5, 5.41) is 16.1. The Kier molecular flexibility index (Phi) is 10.5. The maximum absolute atomic E-state index is 12.7. The highest BCUT2D eigenvalue weighted by atomic mass is 16.5. The van der Waals surface area contributed by atoms with Crippen molar-refractivity contribution < 1.29 is 28.9 Å². The van der Waals surface area contributed by atoms with Crippen molar-refractivity contribution in [1.29, 1.82) is 0 Å². The van der Waals surface area contributed by atoms with E-state index in [9.17, 15) is 14.7 Å². The summed E-state index contributed by atoms with van der Waals surface area (Å²) >= 11 is 0. The maximum Gasteiger partial charge on any atom is 0.317 e. The number of fused-ring (bicyclic) bond motifs is 1. The molecule has 3 N–H and O–H groups in total. The third-order valence-corrected chi connectivity index (χ3v) is 6.26.